The zero-order valence-electron chi connectivity index (χ0n) is 13.1. The molecule has 0 radical (unpaired) electrons. The lowest BCUT2D eigenvalue weighted by Crippen LogP contribution is -2.42. The predicted octanol–water partition coefficient (Wildman–Crippen LogP) is 3.25. The number of rotatable bonds is 4. The van der Waals surface area contributed by atoms with Crippen molar-refractivity contribution in [3.63, 3.8) is 0 Å². The summed E-state index contributed by atoms with van der Waals surface area (Å²) in [6.45, 7) is 2.78. The topological polar surface area (TPSA) is 47.3 Å². The van der Waals surface area contributed by atoms with Gasteiger partial charge < -0.3 is 9.84 Å². The fourth-order valence-corrected chi connectivity index (χ4v) is 3.78. The van der Waals surface area contributed by atoms with Crippen LogP contribution in [0.5, 0.6) is 0 Å². The first-order chi connectivity index (χ1) is 10.2. The molecule has 0 amide bonds. The van der Waals surface area contributed by atoms with E-state index in [9.17, 15) is 5.11 Å². The van der Waals surface area contributed by atoms with Crippen LogP contribution in [0.15, 0.2) is 12.3 Å². The van der Waals surface area contributed by atoms with Gasteiger partial charge >= 0.3 is 0 Å². The molecule has 1 aromatic heterocycles. The molecular weight excluding hydrogens is 264 g/mol. The molecule has 2 heterocycles. The number of ether oxygens (including phenoxy) is 1. The van der Waals surface area contributed by atoms with Crippen molar-refractivity contribution in [3.05, 3.63) is 18.0 Å². The predicted molar refractivity (Wildman–Crippen MR) is 82.3 cm³/mol. The number of aliphatic hydroxyl groups is 1. The lowest BCUT2D eigenvalue weighted by Gasteiger charge is -2.36. The molecule has 4 nitrogen and oxygen atoms in total. The van der Waals surface area contributed by atoms with Gasteiger partial charge in [-0.1, -0.05) is 26.2 Å². The second-order valence-corrected chi connectivity index (χ2v) is 6.84. The Kier molecular flexibility index (Phi) is 4.65. The van der Waals surface area contributed by atoms with Crippen LogP contribution in [-0.2, 0) is 11.2 Å². The zero-order valence-corrected chi connectivity index (χ0v) is 13.1. The molecule has 1 saturated heterocycles. The maximum Gasteiger partial charge on any atom is 0.0750 e. The average Bonchev–Trinajstić information content (AvgIpc) is 2.96. The summed E-state index contributed by atoms with van der Waals surface area (Å²) in [5, 5.41) is 15.6. The molecule has 1 N–H and O–H groups in total. The molecule has 1 aromatic rings. The van der Waals surface area contributed by atoms with Crippen LogP contribution < -0.4 is 0 Å². The van der Waals surface area contributed by atoms with E-state index < -0.39 is 5.60 Å². The van der Waals surface area contributed by atoms with Crippen molar-refractivity contribution in [1.82, 2.24) is 9.78 Å². The van der Waals surface area contributed by atoms with Crippen molar-refractivity contribution in [3.8, 4) is 0 Å². The van der Waals surface area contributed by atoms with Crippen LogP contribution in [0.3, 0.4) is 0 Å². The highest BCUT2D eigenvalue weighted by molar-refractivity contribution is 5.06. The fraction of sp³-hybridized carbons (Fsp3) is 0.824. The zero-order chi connectivity index (χ0) is 14.7. The van der Waals surface area contributed by atoms with Gasteiger partial charge in [0.2, 0.25) is 0 Å². The molecule has 118 valence electrons. The van der Waals surface area contributed by atoms with Gasteiger partial charge in [-0.25, -0.2) is 0 Å². The minimum absolute atomic E-state index is 0.198. The van der Waals surface area contributed by atoms with Crippen LogP contribution in [0.25, 0.3) is 0 Å². The van der Waals surface area contributed by atoms with Gasteiger partial charge in [-0.15, -0.1) is 0 Å². The van der Waals surface area contributed by atoms with Crippen LogP contribution >= 0.6 is 0 Å². The maximum atomic E-state index is 10.8. The average molecular weight is 292 g/mol. The second-order valence-electron chi connectivity index (χ2n) is 6.84. The van der Waals surface area contributed by atoms with Crippen molar-refractivity contribution in [2.24, 2.45) is 0 Å². The highest BCUT2D eigenvalue weighted by atomic mass is 16.5. The van der Waals surface area contributed by atoms with Crippen molar-refractivity contribution >= 4 is 0 Å². The van der Waals surface area contributed by atoms with E-state index in [-0.39, 0.29) is 6.10 Å². The Morgan fingerprint density at radius 1 is 1.38 bits per heavy atom. The summed E-state index contributed by atoms with van der Waals surface area (Å²) in [6, 6.07) is 2.66. The molecule has 2 unspecified atom stereocenters. The fourth-order valence-electron chi connectivity index (χ4n) is 3.78. The third-order valence-electron chi connectivity index (χ3n) is 5.11. The standard InChI is InChI=1S/C17H28N2O2/c1-2-16-13-17(20,9-11-21-16)12-14-8-10-19(18-14)15-6-4-3-5-7-15/h8,10,15-16,20H,2-7,9,11-13H2,1H3. The Balaban J connectivity index is 1.63. The monoisotopic (exact) mass is 292 g/mol. The number of hydrogen-bond donors (Lipinski definition) is 1. The summed E-state index contributed by atoms with van der Waals surface area (Å²) in [5.41, 5.74) is 0.393. The Bertz CT molecular complexity index is 453. The van der Waals surface area contributed by atoms with Crippen molar-refractivity contribution in [2.75, 3.05) is 6.61 Å². The summed E-state index contributed by atoms with van der Waals surface area (Å²) < 4.78 is 7.81. The van der Waals surface area contributed by atoms with E-state index in [0.29, 0.717) is 19.1 Å². The lowest BCUT2D eigenvalue weighted by molar-refractivity contribution is -0.103. The van der Waals surface area contributed by atoms with E-state index in [2.05, 4.69) is 23.9 Å². The molecule has 0 spiro atoms. The van der Waals surface area contributed by atoms with Crippen LogP contribution in [-0.4, -0.2) is 33.2 Å². The van der Waals surface area contributed by atoms with Gasteiger partial charge in [0, 0.05) is 25.6 Å². The van der Waals surface area contributed by atoms with Gasteiger partial charge in [0.15, 0.2) is 0 Å². The Morgan fingerprint density at radius 3 is 2.95 bits per heavy atom. The molecule has 2 aliphatic rings. The van der Waals surface area contributed by atoms with Crippen molar-refractivity contribution in [1.29, 1.82) is 0 Å². The molecular formula is C17H28N2O2. The summed E-state index contributed by atoms with van der Waals surface area (Å²) in [7, 11) is 0. The first-order valence-electron chi connectivity index (χ1n) is 8.56. The third-order valence-corrected chi connectivity index (χ3v) is 5.11. The van der Waals surface area contributed by atoms with Gasteiger partial charge in [-0.2, -0.15) is 5.10 Å². The van der Waals surface area contributed by atoms with E-state index in [0.717, 1.165) is 25.0 Å². The normalized spacial score (nSPS) is 31.4. The summed E-state index contributed by atoms with van der Waals surface area (Å²) in [6.07, 6.45) is 11.9. The first-order valence-corrected chi connectivity index (χ1v) is 8.56. The van der Waals surface area contributed by atoms with Gasteiger partial charge in [-0.3, -0.25) is 4.68 Å². The molecule has 0 aromatic carbocycles. The molecule has 1 aliphatic carbocycles. The first kappa shape index (κ1) is 15.0. The Hall–Kier alpha value is -0.870. The third kappa shape index (κ3) is 3.67. The Morgan fingerprint density at radius 2 is 2.19 bits per heavy atom. The van der Waals surface area contributed by atoms with Crippen LogP contribution in [0.2, 0.25) is 0 Å². The van der Waals surface area contributed by atoms with Crippen LogP contribution in [0, 0.1) is 0 Å². The van der Waals surface area contributed by atoms with E-state index in [1.807, 2.05) is 0 Å². The summed E-state index contributed by atoms with van der Waals surface area (Å²) in [5.74, 6) is 0. The summed E-state index contributed by atoms with van der Waals surface area (Å²) in [4.78, 5) is 0. The lowest BCUT2D eigenvalue weighted by atomic mass is 9.85. The maximum absolute atomic E-state index is 10.8. The number of aromatic nitrogens is 2. The molecule has 2 fully saturated rings. The number of hydrogen-bond acceptors (Lipinski definition) is 3. The van der Waals surface area contributed by atoms with Crippen LogP contribution in [0.1, 0.15) is 70.0 Å². The molecule has 21 heavy (non-hydrogen) atoms. The molecule has 1 saturated carbocycles. The molecule has 4 heteroatoms. The molecule has 2 atom stereocenters. The highest BCUT2D eigenvalue weighted by Crippen LogP contribution is 2.31. The van der Waals surface area contributed by atoms with E-state index in [1.54, 1.807) is 0 Å². The quantitative estimate of drug-likeness (QED) is 0.926. The smallest absolute Gasteiger partial charge is 0.0750 e. The van der Waals surface area contributed by atoms with Gasteiger partial charge in [0.05, 0.1) is 23.4 Å². The van der Waals surface area contributed by atoms with E-state index >= 15 is 0 Å². The van der Waals surface area contributed by atoms with Crippen molar-refractivity contribution < 1.29 is 9.84 Å². The number of nitrogens with zero attached hydrogens (tertiary/aromatic N) is 2. The van der Waals surface area contributed by atoms with Gasteiger partial charge in [-0.05, 0) is 31.7 Å². The highest BCUT2D eigenvalue weighted by Gasteiger charge is 2.35. The van der Waals surface area contributed by atoms with E-state index in [1.165, 1.54) is 32.1 Å². The van der Waals surface area contributed by atoms with E-state index in [4.69, 9.17) is 9.84 Å². The largest absolute Gasteiger partial charge is 0.389 e. The second kappa shape index (κ2) is 6.49. The molecule has 1 aliphatic heterocycles. The van der Waals surface area contributed by atoms with Crippen molar-refractivity contribution in [2.45, 2.75) is 82.5 Å². The van der Waals surface area contributed by atoms with Gasteiger partial charge in [0.1, 0.15) is 0 Å². The minimum atomic E-state index is -0.634. The minimum Gasteiger partial charge on any atom is -0.389 e. The Labute approximate surface area is 127 Å². The summed E-state index contributed by atoms with van der Waals surface area (Å²) >= 11 is 0. The molecule has 3 rings (SSSR count). The molecule has 0 bridgehead atoms. The SMILES string of the molecule is CCC1CC(O)(Cc2ccn(C3CCCCC3)n2)CCO1. The van der Waals surface area contributed by atoms with Crippen LogP contribution in [0.4, 0.5) is 0 Å². The van der Waals surface area contributed by atoms with Gasteiger partial charge in [0.25, 0.3) is 0 Å².